The highest BCUT2D eigenvalue weighted by Crippen LogP contribution is 2.45. The minimum absolute atomic E-state index is 0.0550. The fraction of sp³-hybridized carbons (Fsp3) is 0.200. The fourth-order valence-corrected chi connectivity index (χ4v) is 4.30. The number of halogens is 3. The number of hydrogen-bond acceptors (Lipinski definition) is 7. The molecule has 1 aliphatic rings. The first-order chi connectivity index (χ1) is 15.5. The molecule has 3 atom stereocenters. The van der Waals surface area contributed by atoms with Crippen molar-refractivity contribution < 1.29 is 37.2 Å². The fourth-order valence-electron chi connectivity index (χ4n) is 3.60. The summed E-state index contributed by atoms with van der Waals surface area (Å²) in [6.07, 6.45) is -5.39. The van der Waals surface area contributed by atoms with E-state index in [4.69, 9.17) is 4.42 Å². The molecule has 1 saturated heterocycles. The van der Waals surface area contributed by atoms with Gasteiger partial charge in [0.05, 0.1) is 9.80 Å². The van der Waals surface area contributed by atoms with E-state index in [2.05, 4.69) is 5.32 Å². The summed E-state index contributed by atoms with van der Waals surface area (Å²) in [6, 6.07) is 7.61. The number of alkyl halides is 3. The number of furan rings is 1. The maximum Gasteiger partial charge on any atom is 0.437 e. The second-order valence-electron chi connectivity index (χ2n) is 7.17. The van der Waals surface area contributed by atoms with Crippen LogP contribution in [0, 0.1) is 16.0 Å². The van der Waals surface area contributed by atoms with E-state index < -0.39 is 40.6 Å². The number of urea groups is 1. The van der Waals surface area contributed by atoms with Gasteiger partial charge in [-0.15, -0.1) is 11.3 Å². The van der Waals surface area contributed by atoms with E-state index in [1.54, 1.807) is 0 Å². The van der Waals surface area contributed by atoms with Gasteiger partial charge in [-0.25, -0.2) is 4.79 Å². The van der Waals surface area contributed by atoms with Gasteiger partial charge in [0.2, 0.25) is 5.72 Å². The van der Waals surface area contributed by atoms with Crippen molar-refractivity contribution in [2.45, 2.75) is 17.9 Å². The summed E-state index contributed by atoms with van der Waals surface area (Å²) in [5, 5.41) is 26.7. The number of carbonyl (C=O) groups excluding carboxylic acids is 2. The summed E-state index contributed by atoms with van der Waals surface area (Å²) in [4.78, 5) is 35.4. The van der Waals surface area contributed by atoms with Crippen molar-refractivity contribution in [3.8, 4) is 11.3 Å². The summed E-state index contributed by atoms with van der Waals surface area (Å²) in [7, 11) is 0. The number of nitro groups is 1. The number of nitrogens with one attached hydrogen (secondary N) is 2. The van der Waals surface area contributed by atoms with E-state index in [0.29, 0.717) is 0 Å². The molecule has 13 heteroatoms. The van der Waals surface area contributed by atoms with E-state index in [9.17, 15) is 38.0 Å². The van der Waals surface area contributed by atoms with Gasteiger partial charge >= 0.3 is 12.2 Å². The normalized spacial score (nSPS) is 23.0. The zero-order chi connectivity index (χ0) is 24.0. The largest absolute Gasteiger partial charge is 0.459 e. The molecule has 0 spiro atoms. The van der Waals surface area contributed by atoms with Gasteiger partial charge in [-0.05, 0) is 23.6 Å². The Bertz CT molecular complexity index is 1230. The predicted molar refractivity (Wildman–Crippen MR) is 108 cm³/mol. The van der Waals surface area contributed by atoms with Crippen molar-refractivity contribution >= 4 is 28.8 Å². The summed E-state index contributed by atoms with van der Waals surface area (Å²) in [5.74, 6) is -3.48. The molecule has 2 amide bonds. The SMILES string of the molecule is O=C1N[C@H](c2ccc(-c3cccc([N+](=O)[O-])c3)o2)[C@H](C(=O)c2cccs2)[C@](O)(C(F)(F)F)N1. The van der Waals surface area contributed by atoms with E-state index in [-0.39, 0.29) is 27.6 Å². The van der Waals surface area contributed by atoms with Gasteiger partial charge in [0, 0.05) is 17.7 Å². The maximum atomic E-state index is 13.9. The second-order valence-corrected chi connectivity index (χ2v) is 8.12. The summed E-state index contributed by atoms with van der Waals surface area (Å²) >= 11 is 0.878. The van der Waals surface area contributed by atoms with Crippen LogP contribution in [0.15, 0.2) is 58.3 Å². The van der Waals surface area contributed by atoms with Crippen molar-refractivity contribution in [1.82, 2.24) is 10.6 Å². The number of nitro benzene ring substituents is 1. The number of aliphatic hydroxyl groups is 1. The number of benzene rings is 1. The van der Waals surface area contributed by atoms with Crippen molar-refractivity contribution in [3.63, 3.8) is 0 Å². The van der Waals surface area contributed by atoms with Gasteiger partial charge in [0.15, 0.2) is 5.78 Å². The minimum atomic E-state index is -5.39. The van der Waals surface area contributed by atoms with Gasteiger partial charge < -0.3 is 20.2 Å². The minimum Gasteiger partial charge on any atom is -0.459 e. The van der Waals surface area contributed by atoms with Crippen molar-refractivity contribution in [3.05, 3.63) is 74.7 Å². The molecule has 0 saturated carbocycles. The molecule has 0 unspecified atom stereocenters. The lowest BCUT2D eigenvalue weighted by Crippen LogP contribution is -2.72. The second kappa shape index (κ2) is 8.01. The molecule has 4 rings (SSSR count). The van der Waals surface area contributed by atoms with Gasteiger partial charge in [-0.2, -0.15) is 13.2 Å². The Labute approximate surface area is 187 Å². The molecule has 3 N–H and O–H groups in total. The number of Topliss-reactive ketones (excluding diaryl/α,β-unsaturated/α-hetero) is 1. The van der Waals surface area contributed by atoms with Crippen LogP contribution in [0.4, 0.5) is 23.7 Å². The molecular weight excluding hydrogens is 467 g/mol. The van der Waals surface area contributed by atoms with Crippen LogP contribution in [0.1, 0.15) is 21.5 Å². The van der Waals surface area contributed by atoms with E-state index >= 15 is 0 Å². The third kappa shape index (κ3) is 3.96. The predicted octanol–water partition coefficient (Wildman–Crippen LogP) is 4.02. The highest BCUT2D eigenvalue weighted by atomic mass is 32.1. The lowest BCUT2D eigenvalue weighted by atomic mass is 9.80. The van der Waals surface area contributed by atoms with Crippen LogP contribution in [0.5, 0.6) is 0 Å². The van der Waals surface area contributed by atoms with Crippen LogP contribution < -0.4 is 10.6 Å². The molecule has 33 heavy (non-hydrogen) atoms. The quantitative estimate of drug-likeness (QED) is 0.286. The average molecular weight is 481 g/mol. The van der Waals surface area contributed by atoms with Crippen molar-refractivity contribution in [1.29, 1.82) is 0 Å². The molecule has 1 aromatic carbocycles. The average Bonchev–Trinajstić information content (AvgIpc) is 3.44. The van der Waals surface area contributed by atoms with Gasteiger partial charge in [0.25, 0.3) is 5.69 Å². The summed E-state index contributed by atoms with van der Waals surface area (Å²) < 4.78 is 47.3. The summed E-state index contributed by atoms with van der Waals surface area (Å²) in [5.41, 5.74) is -3.86. The zero-order valence-electron chi connectivity index (χ0n) is 16.3. The van der Waals surface area contributed by atoms with Crippen LogP contribution >= 0.6 is 11.3 Å². The molecule has 3 aromatic rings. The molecule has 0 radical (unpaired) electrons. The topological polar surface area (TPSA) is 135 Å². The third-order valence-corrected chi connectivity index (χ3v) is 6.01. The standard InChI is InChI=1S/C20H14F3N3O6S/c21-20(22,23)19(29)15(17(27)14-5-2-8-33-14)16(24-18(28)25-19)13-7-6-12(32-13)10-3-1-4-11(9-10)26(30)31/h1-9,15-16,29H,(H2,24,25,28)/t15-,16-,19+/m1/s1. The molecule has 1 fully saturated rings. The van der Waals surface area contributed by atoms with Crippen LogP contribution in [-0.2, 0) is 0 Å². The monoisotopic (exact) mass is 481 g/mol. The Morgan fingerprint density at radius 3 is 2.61 bits per heavy atom. The first-order valence-electron chi connectivity index (χ1n) is 9.31. The van der Waals surface area contributed by atoms with Gasteiger partial charge in [0.1, 0.15) is 23.5 Å². The zero-order valence-corrected chi connectivity index (χ0v) is 17.1. The van der Waals surface area contributed by atoms with Crippen LogP contribution in [0.3, 0.4) is 0 Å². The molecule has 3 heterocycles. The summed E-state index contributed by atoms with van der Waals surface area (Å²) in [6.45, 7) is 0. The van der Waals surface area contributed by atoms with Gasteiger partial charge in [-0.3, -0.25) is 14.9 Å². The van der Waals surface area contributed by atoms with Crippen LogP contribution in [0.2, 0.25) is 0 Å². The van der Waals surface area contributed by atoms with Crippen LogP contribution in [-0.4, -0.2) is 33.7 Å². The molecule has 0 bridgehead atoms. The van der Waals surface area contributed by atoms with E-state index in [1.165, 1.54) is 59.2 Å². The Morgan fingerprint density at radius 1 is 1.21 bits per heavy atom. The lowest BCUT2D eigenvalue weighted by molar-refractivity contribution is -0.384. The number of ketones is 1. The van der Waals surface area contributed by atoms with E-state index in [0.717, 1.165) is 11.3 Å². The molecule has 172 valence electrons. The lowest BCUT2D eigenvalue weighted by Gasteiger charge is -2.44. The molecule has 9 nitrogen and oxygen atoms in total. The number of nitrogens with zero attached hydrogens (tertiary/aromatic N) is 1. The number of rotatable bonds is 5. The highest BCUT2D eigenvalue weighted by Gasteiger charge is 2.67. The Hall–Kier alpha value is -3.71. The Morgan fingerprint density at radius 2 is 1.97 bits per heavy atom. The highest BCUT2D eigenvalue weighted by molar-refractivity contribution is 7.12. The number of carbonyl (C=O) groups is 2. The number of hydrogen-bond donors (Lipinski definition) is 3. The first-order valence-corrected chi connectivity index (χ1v) is 10.2. The number of non-ortho nitro benzene ring substituents is 1. The molecule has 2 aromatic heterocycles. The smallest absolute Gasteiger partial charge is 0.437 e. The third-order valence-electron chi connectivity index (χ3n) is 5.13. The number of thiophene rings is 1. The first kappa shape index (κ1) is 22.5. The molecule has 0 aliphatic carbocycles. The van der Waals surface area contributed by atoms with Crippen LogP contribution in [0.25, 0.3) is 11.3 Å². The van der Waals surface area contributed by atoms with E-state index in [1.807, 2.05) is 0 Å². The maximum absolute atomic E-state index is 13.9. The Kier molecular flexibility index (Phi) is 5.46. The number of amides is 2. The van der Waals surface area contributed by atoms with Crippen molar-refractivity contribution in [2.75, 3.05) is 0 Å². The van der Waals surface area contributed by atoms with Gasteiger partial charge in [-0.1, -0.05) is 18.2 Å². The molecular formula is C20H14F3N3O6S. The Balaban J connectivity index is 1.79. The molecule has 1 aliphatic heterocycles. The van der Waals surface area contributed by atoms with Crippen molar-refractivity contribution in [2.24, 2.45) is 5.92 Å².